The van der Waals surface area contributed by atoms with Crippen molar-refractivity contribution in [3.8, 4) is 5.75 Å². The standard InChI is InChI=1S/C21H24N2O3/c1-23(2)21(25)15-10-16-8-12-18(13-9-16)22-20(24)14-11-17-6-4-5-7-19(17)26-3/h4-9,11-14H,10,15H2,1-3H3,(H,22,24)/b14-11+. The normalized spacial score (nSPS) is 10.6. The van der Waals surface area contributed by atoms with Gasteiger partial charge >= 0.3 is 0 Å². The Labute approximate surface area is 154 Å². The lowest BCUT2D eigenvalue weighted by Gasteiger charge is -2.10. The van der Waals surface area contributed by atoms with Gasteiger partial charge in [0.25, 0.3) is 0 Å². The van der Waals surface area contributed by atoms with Gasteiger partial charge in [0.1, 0.15) is 5.75 Å². The zero-order chi connectivity index (χ0) is 18.9. The maximum absolute atomic E-state index is 12.1. The van der Waals surface area contributed by atoms with Crippen LogP contribution in [0.15, 0.2) is 54.6 Å². The number of ether oxygens (including phenoxy) is 1. The molecule has 0 aliphatic rings. The summed E-state index contributed by atoms with van der Waals surface area (Å²) in [6.45, 7) is 0. The average molecular weight is 352 g/mol. The first kappa shape index (κ1) is 19.2. The van der Waals surface area contributed by atoms with Gasteiger partial charge < -0.3 is 15.0 Å². The van der Waals surface area contributed by atoms with Gasteiger partial charge in [-0.05, 0) is 36.3 Å². The van der Waals surface area contributed by atoms with E-state index in [4.69, 9.17) is 4.74 Å². The topological polar surface area (TPSA) is 58.6 Å². The summed E-state index contributed by atoms with van der Waals surface area (Å²) in [7, 11) is 5.10. The molecule has 0 aromatic heterocycles. The molecule has 0 saturated carbocycles. The van der Waals surface area contributed by atoms with Crippen molar-refractivity contribution in [1.29, 1.82) is 0 Å². The number of para-hydroxylation sites is 1. The summed E-state index contributed by atoms with van der Waals surface area (Å²) in [4.78, 5) is 25.3. The van der Waals surface area contributed by atoms with E-state index in [1.807, 2.05) is 48.5 Å². The molecule has 0 spiro atoms. The molecule has 0 bridgehead atoms. The van der Waals surface area contributed by atoms with Crippen molar-refractivity contribution in [1.82, 2.24) is 4.90 Å². The molecule has 2 rings (SSSR count). The number of hydrogen-bond acceptors (Lipinski definition) is 3. The fraction of sp³-hybridized carbons (Fsp3) is 0.238. The molecule has 0 saturated heterocycles. The first-order valence-corrected chi connectivity index (χ1v) is 8.41. The number of carbonyl (C=O) groups is 2. The van der Waals surface area contributed by atoms with Gasteiger partial charge in [0.2, 0.25) is 11.8 Å². The van der Waals surface area contributed by atoms with E-state index in [1.165, 1.54) is 6.08 Å². The molecule has 136 valence electrons. The second kappa shape index (κ2) is 9.42. The summed E-state index contributed by atoms with van der Waals surface area (Å²) in [5.41, 5.74) is 2.61. The molecular formula is C21H24N2O3. The molecule has 0 atom stereocenters. The molecule has 1 N–H and O–H groups in total. The molecule has 2 amide bonds. The predicted molar refractivity (Wildman–Crippen MR) is 104 cm³/mol. The van der Waals surface area contributed by atoms with Gasteiger partial charge in [-0.15, -0.1) is 0 Å². The molecule has 0 aliphatic heterocycles. The van der Waals surface area contributed by atoms with Crippen LogP contribution in [0, 0.1) is 0 Å². The number of methoxy groups -OCH3 is 1. The monoisotopic (exact) mass is 352 g/mol. The molecular weight excluding hydrogens is 328 g/mol. The highest BCUT2D eigenvalue weighted by atomic mass is 16.5. The summed E-state index contributed by atoms with van der Waals surface area (Å²) in [5.74, 6) is 0.600. The first-order chi connectivity index (χ1) is 12.5. The van der Waals surface area contributed by atoms with E-state index in [2.05, 4.69) is 5.32 Å². The maximum atomic E-state index is 12.1. The van der Waals surface area contributed by atoms with Crippen LogP contribution < -0.4 is 10.1 Å². The predicted octanol–water partition coefficient (Wildman–Crippen LogP) is 3.37. The minimum atomic E-state index is -0.216. The number of anilines is 1. The Kier molecular flexibility index (Phi) is 6.97. The molecule has 0 radical (unpaired) electrons. The fourth-order valence-corrected chi connectivity index (χ4v) is 2.38. The number of aryl methyl sites for hydroxylation is 1. The second-order valence-corrected chi connectivity index (χ2v) is 6.05. The van der Waals surface area contributed by atoms with Gasteiger partial charge in [0.05, 0.1) is 7.11 Å². The van der Waals surface area contributed by atoms with Gasteiger partial charge in [-0.2, -0.15) is 0 Å². The molecule has 26 heavy (non-hydrogen) atoms. The SMILES string of the molecule is COc1ccccc1/C=C/C(=O)Nc1ccc(CCC(=O)N(C)C)cc1. The summed E-state index contributed by atoms with van der Waals surface area (Å²) in [5, 5.41) is 2.82. The largest absolute Gasteiger partial charge is 0.496 e. The lowest BCUT2D eigenvalue weighted by atomic mass is 10.1. The summed E-state index contributed by atoms with van der Waals surface area (Å²) in [6.07, 6.45) is 4.34. The van der Waals surface area contributed by atoms with Crippen LogP contribution in [0.25, 0.3) is 6.08 Å². The zero-order valence-electron chi connectivity index (χ0n) is 15.4. The van der Waals surface area contributed by atoms with Crippen molar-refractivity contribution < 1.29 is 14.3 Å². The van der Waals surface area contributed by atoms with Crippen molar-refractivity contribution in [2.24, 2.45) is 0 Å². The number of nitrogens with one attached hydrogen (secondary N) is 1. The maximum Gasteiger partial charge on any atom is 0.248 e. The summed E-state index contributed by atoms with van der Waals surface area (Å²) < 4.78 is 5.25. The molecule has 5 heteroatoms. The molecule has 0 aliphatic carbocycles. The van der Waals surface area contributed by atoms with Crippen molar-refractivity contribution in [3.63, 3.8) is 0 Å². The van der Waals surface area contributed by atoms with Crippen LogP contribution >= 0.6 is 0 Å². The van der Waals surface area contributed by atoms with E-state index < -0.39 is 0 Å². The van der Waals surface area contributed by atoms with Gasteiger partial charge in [-0.3, -0.25) is 9.59 Å². The highest BCUT2D eigenvalue weighted by Crippen LogP contribution is 2.18. The lowest BCUT2D eigenvalue weighted by molar-refractivity contribution is -0.128. The summed E-state index contributed by atoms with van der Waals surface area (Å²) in [6, 6.07) is 15.0. The molecule has 0 unspecified atom stereocenters. The minimum Gasteiger partial charge on any atom is -0.496 e. The Morgan fingerprint density at radius 1 is 1.08 bits per heavy atom. The summed E-state index contributed by atoms with van der Waals surface area (Å²) >= 11 is 0. The first-order valence-electron chi connectivity index (χ1n) is 8.41. The van der Waals surface area contributed by atoms with Gasteiger partial charge in [-0.25, -0.2) is 0 Å². The number of rotatable bonds is 7. The van der Waals surface area contributed by atoms with E-state index in [-0.39, 0.29) is 11.8 Å². The third kappa shape index (κ3) is 5.77. The van der Waals surface area contributed by atoms with Crippen LogP contribution in [-0.4, -0.2) is 37.9 Å². The minimum absolute atomic E-state index is 0.101. The average Bonchev–Trinajstić information content (AvgIpc) is 2.65. The van der Waals surface area contributed by atoms with Crippen molar-refractivity contribution in [2.45, 2.75) is 12.8 Å². The van der Waals surface area contributed by atoms with Crippen LogP contribution in [0.1, 0.15) is 17.5 Å². The van der Waals surface area contributed by atoms with Crippen molar-refractivity contribution >= 4 is 23.6 Å². The van der Waals surface area contributed by atoms with Crippen molar-refractivity contribution in [2.75, 3.05) is 26.5 Å². The Bertz CT molecular complexity index is 780. The van der Waals surface area contributed by atoms with Crippen LogP contribution in [-0.2, 0) is 16.0 Å². The quantitative estimate of drug-likeness (QED) is 0.777. The van der Waals surface area contributed by atoms with E-state index >= 15 is 0 Å². The number of amides is 2. The van der Waals surface area contributed by atoms with E-state index in [0.29, 0.717) is 24.3 Å². The van der Waals surface area contributed by atoms with E-state index in [0.717, 1.165) is 11.1 Å². The number of nitrogens with zero attached hydrogens (tertiary/aromatic N) is 1. The molecule has 2 aromatic rings. The van der Waals surface area contributed by atoms with Crippen molar-refractivity contribution in [3.05, 3.63) is 65.7 Å². The Morgan fingerprint density at radius 3 is 2.42 bits per heavy atom. The van der Waals surface area contributed by atoms with E-state index in [9.17, 15) is 9.59 Å². The smallest absolute Gasteiger partial charge is 0.248 e. The zero-order valence-corrected chi connectivity index (χ0v) is 15.4. The number of carbonyl (C=O) groups excluding carboxylic acids is 2. The molecule has 2 aromatic carbocycles. The highest BCUT2D eigenvalue weighted by Gasteiger charge is 2.05. The third-order valence-corrected chi connectivity index (χ3v) is 3.90. The lowest BCUT2D eigenvalue weighted by Crippen LogP contribution is -2.21. The fourth-order valence-electron chi connectivity index (χ4n) is 2.38. The van der Waals surface area contributed by atoms with E-state index in [1.54, 1.807) is 32.2 Å². The molecule has 5 nitrogen and oxygen atoms in total. The second-order valence-electron chi connectivity index (χ2n) is 6.05. The van der Waals surface area contributed by atoms with Gasteiger partial charge in [-0.1, -0.05) is 30.3 Å². The van der Waals surface area contributed by atoms with Crippen LogP contribution in [0.4, 0.5) is 5.69 Å². The third-order valence-electron chi connectivity index (χ3n) is 3.90. The number of benzene rings is 2. The van der Waals surface area contributed by atoms with Crippen LogP contribution in [0.3, 0.4) is 0 Å². The number of hydrogen-bond donors (Lipinski definition) is 1. The van der Waals surface area contributed by atoms with Crippen LogP contribution in [0.2, 0.25) is 0 Å². The van der Waals surface area contributed by atoms with Gasteiger partial charge in [0.15, 0.2) is 0 Å². The Morgan fingerprint density at radius 2 is 1.77 bits per heavy atom. The van der Waals surface area contributed by atoms with Crippen LogP contribution in [0.5, 0.6) is 5.75 Å². The molecule has 0 heterocycles. The molecule has 0 fully saturated rings. The van der Waals surface area contributed by atoms with Gasteiger partial charge in [0, 0.05) is 37.8 Å². The Balaban J connectivity index is 1.91. The highest BCUT2D eigenvalue weighted by molar-refractivity contribution is 6.02. The Hall–Kier alpha value is -3.08.